The highest BCUT2D eigenvalue weighted by Crippen LogP contribution is 2.05. The summed E-state index contributed by atoms with van der Waals surface area (Å²) in [4.78, 5) is 0. The van der Waals surface area contributed by atoms with Gasteiger partial charge in [0.2, 0.25) is 0 Å². The Hall–Kier alpha value is -0.660. The molecule has 0 aliphatic heterocycles. The number of nitrogens with one attached hydrogen (secondary N) is 2. The Balaban J connectivity index is 4.59. The maximum atomic E-state index is 11.8. The molecule has 0 saturated heterocycles. The van der Waals surface area contributed by atoms with E-state index in [0.717, 1.165) is 0 Å². The van der Waals surface area contributed by atoms with Gasteiger partial charge in [-0.1, -0.05) is 20.8 Å². The van der Waals surface area contributed by atoms with Crippen molar-refractivity contribution in [2.24, 2.45) is 11.7 Å². The largest absolute Gasteiger partial charge is 0.388 e. The van der Waals surface area contributed by atoms with E-state index in [2.05, 4.69) is 4.72 Å². The van der Waals surface area contributed by atoms with Crippen molar-refractivity contribution in [2.45, 2.75) is 27.2 Å². The average Bonchev–Trinajstić information content (AvgIpc) is 2.11. The first-order chi connectivity index (χ1) is 7.29. The van der Waals surface area contributed by atoms with Crippen molar-refractivity contribution in [1.82, 2.24) is 9.03 Å². The fourth-order valence-corrected chi connectivity index (χ4v) is 2.61. The summed E-state index contributed by atoms with van der Waals surface area (Å²) in [6.45, 7) is 6.67. The minimum absolute atomic E-state index is 0.000421. The molecule has 0 heterocycles. The van der Waals surface area contributed by atoms with E-state index in [1.165, 1.54) is 4.31 Å². The van der Waals surface area contributed by atoms with Crippen LogP contribution >= 0.6 is 0 Å². The van der Waals surface area contributed by atoms with Crippen LogP contribution in [0.1, 0.15) is 27.2 Å². The van der Waals surface area contributed by atoms with Gasteiger partial charge in [-0.05, 0) is 5.92 Å². The molecule has 16 heavy (non-hydrogen) atoms. The summed E-state index contributed by atoms with van der Waals surface area (Å²) in [5, 5.41) is 7.11. The summed E-state index contributed by atoms with van der Waals surface area (Å²) in [6.07, 6.45) is 0.261. The molecule has 0 aromatic rings. The Morgan fingerprint density at radius 3 is 2.44 bits per heavy atom. The van der Waals surface area contributed by atoms with E-state index in [9.17, 15) is 8.42 Å². The summed E-state index contributed by atoms with van der Waals surface area (Å²) in [5.41, 5.74) is 5.23. The second-order valence-electron chi connectivity index (χ2n) is 4.03. The van der Waals surface area contributed by atoms with Crippen molar-refractivity contribution in [2.75, 3.05) is 19.6 Å². The zero-order valence-electron chi connectivity index (χ0n) is 10.2. The summed E-state index contributed by atoms with van der Waals surface area (Å²) in [7, 11) is -3.43. The van der Waals surface area contributed by atoms with Crippen LogP contribution in [0.5, 0.6) is 0 Å². The van der Waals surface area contributed by atoms with E-state index in [-0.39, 0.29) is 24.7 Å². The summed E-state index contributed by atoms with van der Waals surface area (Å²) in [6, 6.07) is 0. The summed E-state index contributed by atoms with van der Waals surface area (Å²) in [5.74, 6) is 0.237. The van der Waals surface area contributed by atoms with Gasteiger partial charge in [0.05, 0.1) is 5.84 Å². The number of hydrogen-bond donors (Lipinski definition) is 3. The Bertz CT molecular complexity index is 313. The molecule has 0 fully saturated rings. The molecule has 0 radical (unpaired) electrons. The summed E-state index contributed by atoms with van der Waals surface area (Å²) < 4.78 is 27.3. The highest BCUT2D eigenvalue weighted by atomic mass is 32.2. The van der Waals surface area contributed by atoms with Gasteiger partial charge in [0, 0.05) is 26.1 Å². The lowest BCUT2D eigenvalue weighted by Gasteiger charge is -2.23. The molecule has 0 aliphatic carbocycles. The van der Waals surface area contributed by atoms with Crippen LogP contribution in [0.3, 0.4) is 0 Å². The van der Waals surface area contributed by atoms with Crippen LogP contribution in [0, 0.1) is 11.3 Å². The Kier molecular flexibility index (Phi) is 6.54. The van der Waals surface area contributed by atoms with Crippen LogP contribution in [0.2, 0.25) is 0 Å². The fraction of sp³-hybridized carbons (Fsp3) is 0.889. The highest BCUT2D eigenvalue weighted by Gasteiger charge is 2.21. The van der Waals surface area contributed by atoms with Crippen LogP contribution < -0.4 is 10.5 Å². The first-order valence-corrected chi connectivity index (χ1v) is 6.81. The van der Waals surface area contributed by atoms with E-state index < -0.39 is 10.2 Å². The van der Waals surface area contributed by atoms with E-state index in [1.807, 2.05) is 13.8 Å². The number of nitrogens with zero attached hydrogens (tertiary/aromatic N) is 1. The van der Waals surface area contributed by atoms with Crippen LogP contribution in [0.4, 0.5) is 0 Å². The first-order valence-electron chi connectivity index (χ1n) is 5.37. The Morgan fingerprint density at radius 1 is 1.50 bits per heavy atom. The predicted octanol–water partition coefficient (Wildman–Crippen LogP) is 0.125. The molecule has 0 aromatic carbocycles. The van der Waals surface area contributed by atoms with Crippen molar-refractivity contribution in [3.05, 3.63) is 0 Å². The lowest BCUT2D eigenvalue weighted by molar-refractivity contribution is 0.369. The topological polar surface area (TPSA) is 99.3 Å². The van der Waals surface area contributed by atoms with Gasteiger partial charge in [-0.15, -0.1) is 0 Å². The van der Waals surface area contributed by atoms with Crippen LogP contribution in [-0.4, -0.2) is 38.2 Å². The van der Waals surface area contributed by atoms with Crippen molar-refractivity contribution in [3.8, 4) is 0 Å². The van der Waals surface area contributed by atoms with E-state index in [0.29, 0.717) is 13.1 Å². The normalized spacial score (nSPS) is 12.3. The molecule has 6 nitrogen and oxygen atoms in total. The van der Waals surface area contributed by atoms with E-state index >= 15 is 0 Å². The zero-order chi connectivity index (χ0) is 12.8. The van der Waals surface area contributed by atoms with Crippen molar-refractivity contribution < 1.29 is 8.42 Å². The first kappa shape index (κ1) is 15.3. The van der Waals surface area contributed by atoms with Gasteiger partial charge in [-0.2, -0.15) is 12.7 Å². The standard InChI is InChI=1S/C9H22N4O2S/c1-4-12-16(14,15)13(7-8(2)3)6-5-9(10)11/h8,12H,4-7H2,1-3H3,(H3,10,11). The minimum atomic E-state index is -3.43. The number of amidine groups is 1. The van der Waals surface area contributed by atoms with Gasteiger partial charge >= 0.3 is 0 Å². The minimum Gasteiger partial charge on any atom is -0.388 e. The molecule has 0 spiro atoms. The average molecular weight is 250 g/mol. The third-order valence-electron chi connectivity index (χ3n) is 1.87. The van der Waals surface area contributed by atoms with Crippen LogP contribution in [-0.2, 0) is 10.2 Å². The molecular formula is C9H22N4O2S. The molecule has 0 aliphatic rings. The van der Waals surface area contributed by atoms with Crippen LogP contribution in [0.25, 0.3) is 0 Å². The maximum Gasteiger partial charge on any atom is 0.279 e. The highest BCUT2D eigenvalue weighted by molar-refractivity contribution is 7.87. The number of nitrogens with two attached hydrogens (primary N) is 1. The van der Waals surface area contributed by atoms with Gasteiger partial charge < -0.3 is 5.73 Å². The third kappa shape index (κ3) is 6.04. The van der Waals surface area contributed by atoms with Crippen LogP contribution in [0.15, 0.2) is 0 Å². The number of rotatable bonds is 8. The third-order valence-corrected chi connectivity index (χ3v) is 3.53. The molecule has 0 atom stereocenters. The summed E-state index contributed by atoms with van der Waals surface area (Å²) >= 11 is 0. The molecule has 0 unspecified atom stereocenters. The molecule has 0 aromatic heterocycles. The monoisotopic (exact) mass is 250 g/mol. The molecule has 96 valence electrons. The van der Waals surface area contributed by atoms with Gasteiger partial charge in [0.25, 0.3) is 10.2 Å². The molecular weight excluding hydrogens is 228 g/mol. The lowest BCUT2D eigenvalue weighted by Crippen LogP contribution is -2.43. The SMILES string of the molecule is CCNS(=O)(=O)N(CCC(=N)N)CC(C)C. The van der Waals surface area contributed by atoms with Gasteiger partial charge in [-0.25, -0.2) is 4.72 Å². The van der Waals surface area contributed by atoms with Crippen molar-refractivity contribution in [1.29, 1.82) is 5.41 Å². The molecule has 0 bridgehead atoms. The molecule has 0 saturated carbocycles. The zero-order valence-corrected chi connectivity index (χ0v) is 11.0. The van der Waals surface area contributed by atoms with Crippen molar-refractivity contribution in [3.63, 3.8) is 0 Å². The Morgan fingerprint density at radius 2 is 2.06 bits per heavy atom. The molecule has 0 amide bonds. The van der Waals surface area contributed by atoms with Gasteiger partial charge in [0.15, 0.2) is 0 Å². The Labute approximate surface area is 97.9 Å². The second-order valence-corrected chi connectivity index (χ2v) is 5.79. The van der Waals surface area contributed by atoms with E-state index in [4.69, 9.17) is 11.1 Å². The molecule has 4 N–H and O–H groups in total. The molecule has 0 rings (SSSR count). The lowest BCUT2D eigenvalue weighted by atomic mass is 10.2. The van der Waals surface area contributed by atoms with Gasteiger partial charge in [0.1, 0.15) is 0 Å². The van der Waals surface area contributed by atoms with Gasteiger partial charge in [-0.3, -0.25) is 5.41 Å². The maximum absolute atomic E-state index is 11.8. The fourth-order valence-electron chi connectivity index (χ4n) is 1.24. The molecule has 7 heteroatoms. The second kappa shape index (κ2) is 6.82. The van der Waals surface area contributed by atoms with Crippen molar-refractivity contribution >= 4 is 16.0 Å². The smallest absolute Gasteiger partial charge is 0.279 e. The number of hydrogen-bond acceptors (Lipinski definition) is 3. The van der Waals surface area contributed by atoms with E-state index in [1.54, 1.807) is 6.92 Å². The predicted molar refractivity (Wildman–Crippen MR) is 65.5 cm³/mol. The quantitative estimate of drug-likeness (QED) is 0.421.